The number of hydrogen-bond acceptors (Lipinski definition) is 6. The van der Waals surface area contributed by atoms with Crippen LogP contribution < -0.4 is 16.0 Å². The molecule has 0 spiro atoms. The Bertz CT molecular complexity index is 813. The number of alkyl halides is 3. The lowest BCUT2D eigenvalue weighted by Gasteiger charge is -2.37. The second-order valence-electron chi connectivity index (χ2n) is 6.68. The highest BCUT2D eigenvalue weighted by atomic mass is 35.5. The first-order valence-electron chi connectivity index (χ1n) is 8.94. The summed E-state index contributed by atoms with van der Waals surface area (Å²) in [6, 6.07) is 1.54. The Kier molecular flexibility index (Phi) is 7.67. The van der Waals surface area contributed by atoms with E-state index in [0.717, 1.165) is 25.3 Å². The fourth-order valence-electron chi connectivity index (χ4n) is 3.09. The molecule has 8 nitrogen and oxygen atoms in total. The number of ether oxygens (including phenoxy) is 1. The van der Waals surface area contributed by atoms with E-state index in [2.05, 4.69) is 20.7 Å². The number of aliphatic hydroxyl groups excluding tert-OH is 1. The van der Waals surface area contributed by atoms with Gasteiger partial charge in [0.2, 0.25) is 5.91 Å². The van der Waals surface area contributed by atoms with Crippen LogP contribution in [-0.4, -0.2) is 61.3 Å². The molecule has 12 heteroatoms. The van der Waals surface area contributed by atoms with E-state index in [1.54, 1.807) is 0 Å². The molecule has 0 aliphatic carbocycles. The summed E-state index contributed by atoms with van der Waals surface area (Å²) in [5.41, 5.74) is -3.14. The quantitative estimate of drug-likeness (QED) is 0.477. The second kappa shape index (κ2) is 9.63. The number of aliphatic hydroxyl groups is 1. The molecule has 1 aliphatic heterocycles. The van der Waals surface area contributed by atoms with Crippen molar-refractivity contribution in [1.29, 1.82) is 0 Å². The molecule has 1 saturated heterocycles. The second-order valence-corrected chi connectivity index (χ2v) is 7.06. The van der Waals surface area contributed by atoms with Gasteiger partial charge >= 0.3 is 12.1 Å². The van der Waals surface area contributed by atoms with Crippen LogP contribution in [0.2, 0.25) is 5.02 Å². The van der Waals surface area contributed by atoms with Crippen molar-refractivity contribution in [3.63, 3.8) is 0 Å². The van der Waals surface area contributed by atoms with Crippen LogP contribution in [0.15, 0.2) is 18.2 Å². The predicted molar refractivity (Wildman–Crippen MR) is 99.8 cm³/mol. The maximum absolute atomic E-state index is 13.1. The number of nitrogens with one attached hydrogen (secondary N) is 3. The highest BCUT2D eigenvalue weighted by molar-refractivity contribution is 6.34. The van der Waals surface area contributed by atoms with Crippen LogP contribution in [0.25, 0.3) is 0 Å². The van der Waals surface area contributed by atoms with Crippen molar-refractivity contribution < 1.29 is 37.4 Å². The van der Waals surface area contributed by atoms with Gasteiger partial charge in [-0.25, -0.2) is 4.79 Å². The molecule has 1 atom stereocenters. The van der Waals surface area contributed by atoms with Gasteiger partial charge in [0.1, 0.15) is 5.54 Å². The molecule has 1 aromatic carbocycles. The number of carbonyl (C=O) groups is 3. The standard InChI is InChI=1S/C18H21ClF3N3O5/c1-30-15(28)12(9-26)24-16(29)17(5-7-23-8-6-17)25-14(27)10-3-2-4-11(13(10)19)18(20,21)22/h2-4,12,23,26H,5-9H2,1H3,(H,24,29)(H,25,27). The highest BCUT2D eigenvalue weighted by Crippen LogP contribution is 2.36. The molecule has 1 unspecified atom stereocenters. The Morgan fingerprint density at radius 1 is 1.30 bits per heavy atom. The van der Waals surface area contributed by atoms with E-state index in [9.17, 15) is 32.7 Å². The molecule has 2 rings (SSSR count). The van der Waals surface area contributed by atoms with Gasteiger partial charge < -0.3 is 25.8 Å². The van der Waals surface area contributed by atoms with Crippen LogP contribution in [-0.2, 0) is 20.5 Å². The zero-order chi connectivity index (χ0) is 22.5. The molecular formula is C18H21ClF3N3O5. The van der Waals surface area contributed by atoms with E-state index in [1.165, 1.54) is 0 Å². The van der Waals surface area contributed by atoms with Crippen molar-refractivity contribution in [3.05, 3.63) is 34.3 Å². The Balaban J connectivity index is 2.32. The minimum atomic E-state index is -4.76. The van der Waals surface area contributed by atoms with E-state index < -0.39 is 58.3 Å². The van der Waals surface area contributed by atoms with Crippen LogP contribution >= 0.6 is 11.6 Å². The Morgan fingerprint density at radius 2 is 1.93 bits per heavy atom. The molecule has 1 aliphatic rings. The third-order valence-corrected chi connectivity index (χ3v) is 5.17. The van der Waals surface area contributed by atoms with E-state index in [-0.39, 0.29) is 12.8 Å². The lowest BCUT2D eigenvalue weighted by molar-refractivity contribution is -0.147. The first-order valence-corrected chi connectivity index (χ1v) is 9.32. The zero-order valence-corrected chi connectivity index (χ0v) is 16.7. The topological polar surface area (TPSA) is 117 Å². The average Bonchev–Trinajstić information content (AvgIpc) is 2.71. The van der Waals surface area contributed by atoms with Crippen molar-refractivity contribution in [3.8, 4) is 0 Å². The van der Waals surface area contributed by atoms with Crippen molar-refractivity contribution in [2.45, 2.75) is 30.6 Å². The molecule has 30 heavy (non-hydrogen) atoms. The predicted octanol–water partition coefficient (Wildman–Crippen LogP) is 0.861. The molecule has 1 fully saturated rings. The van der Waals surface area contributed by atoms with Gasteiger partial charge in [-0.1, -0.05) is 17.7 Å². The zero-order valence-electron chi connectivity index (χ0n) is 15.9. The number of amides is 2. The molecule has 0 radical (unpaired) electrons. The maximum atomic E-state index is 13.1. The van der Waals surface area contributed by atoms with Crippen molar-refractivity contribution in [1.82, 2.24) is 16.0 Å². The minimum Gasteiger partial charge on any atom is -0.467 e. The maximum Gasteiger partial charge on any atom is 0.417 e. The smallest absolute Gasteiger partial charge is 0.417 e. The van der Waals surface area contributed by atoms with Gasteiger partial charge in [-0.2, -0.15) is 13.2 Å². The lowest BCUT2D eigenvalue weighted by atomic mass is 9.86. The molecule has 0 saturated carbocycles. The van der Waals surface area contributed by atoms with E-state index >= 15 is 0 Å². The van der Waals surface area contributed by atoms with Crippen molar-refractivity contribution >= 4 is 29.4 Å². The largest absolute Gasteiger partial charge is 0.467 e. The van der Waals surface area contributed by atoms with E-state index in [0.29, 0.717) is 13.1 Å². The summed E-state index contributed by atoms with van der Waals surface area (Å²) in [4.78, 5) is 37.3. The first kappa shape index (κ1) is 23.9. The van der Waals surface area contributed by atoms with Crippen LogP contribution in [0.3, 0.4) is 0 Å². The van der Waals surface area contributed by atoms with Gasteiger partial charge in [0.15, 0.2) is 6.04 Å². The summed E-state index contributed by atoms with van der Waals surface area (Å²) in [5.74, 6) is -2.63. The Hall–Kier alpha value is -2.37. The SMILES string of the molecule is COC(=O)C(CO)NC(=O)C1(NC(=O)c2cccc(C(F)(F)F)c2Cl)CCNCC1. The number of carbonyl (C=O) groups excluding carboxylic acids is 3. The fourth-order valence-corrected chi connectivity index (χ4v) is 3.41. The van der Waals surface area contributed by atoms with Gasteiger partial charge in [-0.3, -0.25) is 9.59 Å². The number of piperidine rings is 1. The molecular weight excluding hydrogens is 431 g/mol. The molecule has 1 aromatic rings. The number of esters is 1. The molecule has 4 N–H and O–H groups in total. The van der Waals surface area contributed by atoms with Crippen LogP contribution in [0, 0.1) is 0 Å². The number of methoxy groups -OCH3 is 1. The third-order valence-electron chi connectivity index (χ3n) is 4.77. The van der Waals surface area contributed by atoms with Gasteiger partial charge in [0.25, 0.3) is 5.91 Å². The Morgan fingerprint density at radius 3 is 2.47 bits per heavy atom. The average molecular weight is 452 g/mol. The van der Waals surface area contributed by atoms with Gasteiger partial charge in [0.05, 0.1) is 29.9 Å². The van der Waals surface area contributed by atoms with Crippen LogP contribution in [0.5, 0.6) is 0 Å². The van der Waals surface area contributed by atoms with Crippen LogP contribution in [0.4, 0.5) is 13.2 Å². The number of halogens is 4. The summed E-state index contributed by atoms with van der Waals surface area (Å²) in [6.07, 6.45) is -4.56. The molecule has 0 aromatic heterocycles. The van der Waals surface area contributed by atoms with Gasteiger partial charge in [-0.05, 0) is 38.1 Å². The summed E-state index contributed by atoms with van der Waals surface area (Å²) >= 11 is 5.81. The van der Waals surface area contributed by atoms with Gasteiger partial charge in [0, 0.05) is 0 Å². The normalized spacial score (nSPS) is 17.0. The van der Waals surface area contributed by atoms with Gasteiger partial charge in [-0.15, -0.1) is 0 Å². The molecule has 0 bridgehead atoms. The highest BCUT2D eigenvalue weighted by Gasteiger charge is 2.43. The van der Waals surface area contributed by atoms with Crippen molar-refractivity contribution in [2.24, 2.45) is 0 Å². The number of rotatable bonds is 6. The number of hydrogen-bond donors (Lipinski definition) is 4. The number of benzene rings is 1. The van der Waals surface area contributed by atoms with E-state index in [4.69, 9.17) is 11.6 Å². The first-order chi connectivity index (χ1) is 14.1. The van der Waals surface area contributed by atoms with Crippen molar-refractivity contribution in [2.75, 3.05) is 26.8 Å². The van der Waals surface area contributed by atoms with Crippen LogP contribution in [0.1, 0.15) is 28.8 Å². The minimum absolute atomic E-state index is 0.0977. The summed E-state index contributed by atoms with van der Waals surface area (Å²) in [6.45, 7) is -0.0851. The third kappa shape index (κ3) is 5.21. The summed E-state index contributed by atoms with van der Waals surface area (Å²) in [5, 5.41) is 16.3. The lowest BCUT2D eigenvalue weighted by Crippen LogP contribution is -2.65. The summed E-state index contributed by atoms with van der Waals surface area (Å²) in [7, 11) is 1.08. The molecule has 166 valence electrons. The summed E-state index contributed by atoms with van der Waals surface area (Å²) < 4.78 is 43.8. The molecule has 1 heterocycles. The molecule has 2 amide bonds. The Labute approximate surface area is 175 Å². The van der Waals surface area contributed by atoms with E-state index in [1.807, 2.05) is 0 Å². The monoisotopic (exact) mass is 451 g/mol. The fraction of sp³-hybridized carbons (Fsp3) is 0.500.